The monoisotopic (exact) mass is 419 g/mol. The summed E-state index contributed by atoms with van der Waals surface area (Å²) in [5.41, 5.74) is 6.11. The Morgan fingerprint density at radius 2 is 2.17 bits per heavy atom. The second-order valence-electron chi connectivity index (χ2n) is 8.37. The Morgan fingerprint density at radius 1 is 1.50 bits per heavy atom. The molecule has 4 rings (SSSR count). The van der Waals surface area contributed by atoms with Crippen molar-refractivity contribution in [3.63, 3.8) is 0 Å². The number of alkyl halides is 1. The minimum atomic E-state index is -1.67. The summed E-state index contributed by atoms with van der Waals surface area (Å²) in [5.74, 6) is -1.17. The molecule has 30 heavy (non-hydrogen) atoms. The summed E-state index contributed by atoms with van der Waals surface area (Å²) in [4.78, 5) is 25.5. The van der Waals surface area contributed by atoms with E-state index in [9.17, 15) is 14.0 Å². The number of ether oxygens (including phenoxy) is 1. The predicted molar refractivity (Wildman–Crippen MR) is 109 cm³/mol. The lowest BCUT2D eigenvalue weighted by molar-refractivity contribution is 0.143. The lowest BCUT2D eigenvalue weighted by Crippen LogP contribution is -2.43. The van der Waals surface area contributed by atoms with Crippen LogP contribution in [0.25, 0.3) is 10.9 Å². The molecule has 1 saturated heterocycles. The summed E-state index contributed by atoms with van der Waals surface area (Å²) in [5, 5.41) is 8.86. The van der Waals surface area contributed by atoms with Crippen LogP contribution in [-0.4, -0.2) is 40.6 Å². The van der Waals surface area contributed by atoms with Gasteiger partial charge in [0.2, 0.25) is 5.43 Å². The molecule has 160 valence electrons. The average Bonchev–Trinajstić information content (AvgIpc) is 3.28. The number of fused-ring (bicyclic) bond motifs is 1. The molecule has 2 unspecified atom stereocenters. The molecule has 2 fully saturated rings. The van der Waals surface area contributed by atoms with E-state index in [1.54, 1.807) is 13.0 Å². The zero-order valence-electron chi connectivity index (χ0n) is 16.7. The van der Waals surface area contributed by atoms with Gasteiger partial charge >= 0.3 is 6.16 Å². The highest BCUT2D eigenvalue weighted by Gasteiger charge is 2.42. The van der Waals surface area contributed by atoms with Crippen molar-refractivity contribution in [1.29, 1.82) is 0 Å². The third-order valence-electron chi connectivity index (χ3n) is 6.08. The highest BCUT2D eigenvalue weighted by Crippen LogP contribution is 2.44. The van der Waals surface area contributed by atoms with Crippen LogP contribution in [0.1, 0.15) is 24.9 Å². The molecular weight excluding hydrogens is 396 g/mol. The van der Waals surface area contributed by atoms with Crippen LogP contribution in [0.2, 0.25) is 0 Å². The number of aromatic nitrogens is 1. The van der Waals surface area contributed by atoms with Crippen LogP contribution < -0.4 is 20.8 Å². The minimum Gasteiger partial charge on any atom is -0.449 e. The van der Waals surface area contributed by atoms with E-state index < -0.39 is 40.9 Å². The van der Waals surface area contributed by atoms with E-state index in [1.165, 1.54) is 10.8 Å². The summed E-state index contributed by atoms with van der Waals surface area (Å²) in [6, 6.07) is 0.496. The summed E-state index contributed by atoms with van der Waals surface area (Å²) in [7, 11) is 0. The van der Waals surface area contributed by atoms with Gasteiger partial charge in [-0.25, -0.2) is 13.6 Å². The number of anilines is 1. The summed E-state index contributed by atoms with van der Waals surface area (Å²) < 4.78 is 35.2. The first-order valence-corrected chi connectivity index (χ1v) is 9.64. The Hall–Kier alpha value is -2.94. The highest BCUT2D eigenvalue weighted by atomic mass is 19.1. The number of carboxylic acid groups (broad SMARTS) is 1. The Balaban J connectivity index is 1.95. The summed E-state index contributed by atoms with van der Waals surface area (Å²) in [6.45, 7) is 8.19. The van der Waals surface area contributed by atoms with E-state index in [2.05, 4.69) is 11.3 Å². The molecule has 7 nitrogen and oxygen atoms in total. The first-order chi connectivity index (χ1) is 14.0. The van der Waals surface area contributed by atoms with E-state index in [1.807, 2.05) is 11.8 Å². The summed E-state index contributed by atoms with van der Waals surface area (Å²) in [6.07, 6.45) is 0.360. The second kappa shape index (κ2) is 6.80. The lowest BCUT2D eigenvalue weighted by Gasteiger charge is -2.26. The van der Waals surface area contributed by atoms with Crippen LogP contribution in [0.5, 0.6) is 5.75 Å². The van der Waals surface area contributed by atoms with Crippen molar-refractivity contribution in [3.8, 4) is 5.75 Å². The third kappa shape index (κ3) is 3.13. The fraction of sp³-hybridized carbons (Fsp3) is 0.429. The molecule has 2 aliphatic rings. The van der Waals surface area contributed by atoms with E-state index in [-0.39, 0.29) is 17.7 Å². The maximum absolute atomic E-state index is 15.2. The molecule has 9 heteroatoms. The van der Waals surface area contributed by atoms with Crippen molar-refractivity contribution in [1.82, 2.24) is 4.57 Å². The quantitative estimate of drug-likeness (QED) is 0.584. The third-order valence-corrected chi connectivity index (χ3v) is 6.08. The topological polar surface area (TPSA) is 97.8 Å². The molecule has 1 aromatic heterocycles. The van der Waals surface area contributed by atoms with Crippen molar-refractivity contribution in [3.05, 3.63) is 46.5 Å². The number of hydrogen-bond acceptors (Lipinski definition) is 5. The molecule has 1 aliphatic carbocycles. The molecule has 1 saturated carbocycles. The van der Waals surface area contributed by atoms with Gasteiger partial charge in [0.15, 0.2) is 5.75 Å². The van der Waals surface area contributed by atoms with Crippen LogP contribution in [0.15, 0.2) is 29.7 Å². The van der Waals surface area contributed by atoms with Crippen molar-refractivity contribution < 1.29 is 23.4 Å². The predicted octanol–water partition coefficient (Wildman–Crippen LogP) is 3.13. The van der Waals surface area contributed by atoms with E-state index in [0.29, 0.717) is 29.9 Å². The molecule has 2 aromatic rings. The van der Waals surface area contributed by atoms with Crippen LogP contribution >= 0.6 is 0 Å². The van der Waals surface area contributed by atoms with Crippen molar-refractivity contribution in [2.24, 2.45) is 11.7 Å². The number of aryl methyl sites for hydroxylation is 1. The Labute approximate surface area is 171 Å². The SMILES string of the molecule is C=CC1CN(c2c(F)cc3c(=O)c(OC(=O)O)cn([C@@H]4C[C@@H]4F)c3c2C)CC1(C)N. The number of rotatable bonds is 4. The minimum absolute atomic E-state index is 0.0541. The average molecular weight is 419 g/mol. The van der Waals surface area contributed by atoms with Gasteiger partial charge in [0, 0.05) is 31.0 Å². The van der Waals surface area contributed by atoms with E-state index >= 15 is 4.39 Å². The van der Waals surface area contributed by atoms with Gasteiger partial charge < -0.3 is 25.0 Å². The van der Waals surface area contributed by atoms with Gasteiger partial charge in [-0.1, -0.05) is 6.08 Å². The molecule has 0 radical (unpaired) electrons. The zero-order chi connectivity index (χ0) is 22.0. The lowest BCUT2D eigenvalue weighted by atomic mass is 9.91. The highest BCUT2D eigenvalue weighted by molar-refractivity contribution is 5.89. The van der Waals surface area contributed by atoms with Gasteiger partial charge in [0.1, 0.15) is 12.0 Å². The normalized spacial score (nSPS) is 28.0. The number of hydrogen-bond donors (Lipinski definition) is 2. The number of halogens is 2. The van der Waals surface area contributed by atoms with Crippen LogP contribution in [0.3, 0.4) is 0 Å². The Morgan fingerprint density at radius 3 is 2.70 bits per heavy atom. The van der Waals surface area contributed by atoms with Crippen LogP contribution in [0, 0.1) is 18.7 Å². The van der Waals surface area contributed by atoms with Crippen molar-refractivity contribution >= 4 is 22.7 Å². The van der Waals surface area contributed by atoms with Gasteiger partial charge in [-0.2, -0.15) is 0 Å². The van der Waals surface area contributed by atoms with Gasteiger partial charge in [-0.3, -0.25) is 4.79 Å². The van der Waals surface area contributed by atoms with E-state index in [4.69, 9.17) is 10.8 Å². The summed E-state index contributed by atoms with van der Waals surface area (Å²) >= 11 is 0. The zero-order valence-corrected chi connectivity index (χ0v) is 16.7. The fourth-order valence-corrected chi connectivity index (χ4v) is 4.45. The molecule has 0 spiro atoms. The standard InChI is InChI=1S/C21H23F2N3O4/c1-4-11-7-25(9-21(11,3)24)18-10(2)17-12(5-14(18)23)19(27)16(30-20(28)29)8-26(17)15-6-13(15)22/h4-5,8,11,13,15H,1,6-7,9,24H2,2-3H3,(H,28,29)/t11?,13-,15+,21?/m0/s1. The first-order valence-electron chi connectivity index (χ1n) is 9.64. The number of nitrogens with two attached hydrogens (primary N) is 1. The van der Waals surface area contributed by atoms with Gasteiger partial charge in [-0.15, -0.1) is 6.58 Å². The Kier molecular flexibility index (Phi) is 4.61. The Bertz CT molecular complexity index is 1130. The largest absolute Gasteiger partial charge is 0.511 e. The maximum atomic E-state index is 15.2. The van der Waals surface area contributed by atoms with Crippen molar-refractivity contribution in [2.45, 2.75) is 38.0 Å². The molecule has 3 N–H and O–H groups in total. The number of carbonyl (C=O) groups is 1. The molecule has 0 bridgehead atoms. The van der Waals surface area contributed by atoms with Crippen LogP contribution in [-0.2, 0) is 0 Å². The first kappa shape index (κ1) is 20.3. The molecule has 1 aromatic carbocycles. The molecule has 4 atom stereocenters. The fourth-order valence-electron chi connectivity index (χ4n) is 4.45. The maximum Gasteiger partial charge on any atom is 0.511 e. The molecule has 0 amide bonds. The van der Waals surface area contributed by atoms with E-state index in [0.717, 1.165) is 6.07 Å². The number of pyridine rings is 1. The number of nitrogens with zero attached hydrogens (tertiary/aromatic N) is 2. The van der Waals surface area contributed by atoms with Gasteiger partial charge in [-0.05, 0) is 25.5 Å². The van der Waals surface area contributed by atoms with Crippen LogP contribution in [0.4, 0.5) is 19.3 Å². The van der Waals surface area contributed by atoms with Gasteiger partial charge in [0.25, 0.3) is 0 Å². The number of benzene rings is 1. The molecule has 1 aliphatic heterocycles. The van der Waals surface area contributed by atoms with Crippen molar-refractivity contribution in [2.75, 3.05) is 18.0 Å². The van der Waals surface area contributed by atoms with Gasteiger partial charge in [0.05, 0.1) is 28.8 Å². The second-order valence-corrected chi connectivity index (χ2v) is 8.37. The molecule has 2 heterocycles. The molecular formula is C21H23F2N3O4. The smallest absolute Gasteiger partial charge is 0.449 e.